The standard InChI is InChI=1S/C18H17ClN4O4/c19-14-6-2-1-5-13(14)18(25)21-20-17(24)12-7-8-15(16(11-12)23(26)27)22-9-3-4-10-22/h1-2,5-8,11H,3-4,9-10H2,(H,20,24)(H,21,25). The Morgan fingerprint density at radius 1 is 1.04 bits per heavy atom. The number of hydrogen-bond donors (Lipinski definition) is 2. The van der Waals surface area contributed by atoms with Crippen molar-refractivity contribution in [2.75, 3.05) is 18.0 Å². The van der Waals surface area contributed by atoms with E-state index in [0.29, 0.717) is 5.69 Å². The van der Waals surface area contributed by atoms with E-state index >= 15 is 0 Å². The Hall–Kier alpha value is -3.13. The van der Waals surface area contributed by atoms with Gasteiger partial charge in [0.05, 0.1) is 15.5 Å². The summed E-state index contributed by atoms with van der Waals surface area (Å²) < 4.78 is 0. The molecule has 9 heteroatoms. The predicted octanol–water partition coefficient (Wildman–Crippen LogP) is 2.92. The molecule has 1 aliphatic heterocycles. The Morgan fingerprint density at radius 3 is 2.37 bits per heavy atom. The Morgan fingerprint density at radius 2 is 1.70 bits per heavy atom. The summed E-state index contributed by atoms with van der Waals surface area (Å²) in [6.07, 6.45) is 1.96. The van der Waals surface area contributed by atoms with Crippen LogP contribution >= 0.6 is 11.6 Å². The largest absolute Gasteiger partial charge is 0.366 e. The number of halogens is 1. The van der Waals surface area contributed by atoms with Crippen molar-refractivity contribution in [3.05, 3.63) is 68.7 Å². The van der Waals surface area contributed by atoms with Gasteiger partial charge in [-0.1, -0.05) is 23.7 Å². The first-order chi connectivity index (χ1) is 13.0. The van der Waals surface area contributed by atoms with Crippen molar-refractivity contribution < 1.29 is 14.5 Å². The van der Waals surface area contributed by atoms with Crippen molar-refractivity contribution >= 4 is 34.8 Å². The number of benzene rings is 2. The lowest BCUT2D eigenvalue weighted by Crippen LogP contribution is -2.41. The van der Waals surface area contributed by atoms with Gasteiger partial charge in [-0.25, -0.2) is 0 Å². The molecular formula is C18H17ClN4O4. The second kappa shape index (κ2) is 8.05. The minimum atomic E-state index is -0.661. The maximum absolute atomic E-state index is 12.3. The highest BCUT2D eigenvalue weighted by Gasteiger charge is 2.24. The minimum Gasteiger partial charge on any atom is -0.366 e. The lowest BCUT2D eigenvalue weighted by Gasteiger charge is -2.17. The fourth-order valence-electron chi connectivity index (χ4n) is 2.93. The van der Waals surface area contributed by atoms with Crippen LogP contribution in [0.2, 0.25) is 5.02 Å². The number of nitro groups is 1. The van der Waals surface area contributed by atoms with Crippen LogP contribution < -0.4 is 15.8 Å². The smallest absolute Gasteiger partial charge is 0.293 e. The molecule has 0 aromatic heterocycles. The highest BCUT2D eigenvalue weighted by Crippen LogP contribution is 2.31. The average Bonchev–Trinajstić information content (AvgIpc) is 3.20. The van der Waals surface area contributed by atoms with Gasteiger partial charge in [0.15, 0.2) is 0 Å². The van der Waals surface area contributed by atoms with Crippen LogP contribution in [-0.4, -0.2) is 29.8 Å². The van der Waals surface area contributed by atoms with Gasteiger partial charge in [-0.2, -0.15) is 0 Å². The van der Waals surface area contributed by atoms with Crippen molar-refractivity contribution in [3.8, 4) is 0 Å². The summed E-state index contributed by atoms with van der Waals surface area (Å²) in [5.74, 6) is -1.25. The summed E-state index contributed by atoms with van der Waals surface area (Å²) in [4.78, 5) is 37.2. The van der Waals surface area contributed by atoms with Crippen LogP contribution in [0.25, 0.3) is 0 Å². The van der Waals surface area contributed by atoms with E-state index < -0.39 is 16.7 Å². The Bertz CT molecular complexity index is 897. The van der Waals surface area contributed by atoms with Gasteiger partial charge in [0.2, 0.25) is 0 Å². The highest BCUT2D eigenvalue weighted by molar-refractivity contribution is 6.33. The molecule has 1 saturated heterocycles. The number of carbonyl (C=O) groups excluding carboxylic acids is 2. The molecule has 1 aliphatic rings. The molecule has 2 amide bonds. The normalized spacial score (nSPS) is 13.3. The molecule has 0 radical (unpaired) electrons. The number of rotatable bonds is 4. The van der Waals surface area contributed by atoms with E-state index in [1.165, 1.54) is 18.2 Å². The monoisotopic (exact) mass is 388 g/mol. The molecule has 0 unspecified atom stereocenters. The van der Waals surface area contributed by atoms with Crippen LogP contribution in [0.3, 0.4) is 0 Å². The molecule has 1 heterocycles. The van der Waals surface area contributed by atoms with E-state index in [1.54, 1.807) is 24.3 Å². The molecule has 2 aromatic rings. The summed E-state index contributed by atoms with van der Waals surface area (Å²) in [5, 5.41) is 11.6. The fraction of sp³-hybridized carbons (Fsp3) is 0.222. The van der Waals surface area contributed by atoms with Crippen LogP contribution in [0.5, 0.6) is 0 Å². The Labute approximate surface area is 160 Å². The predicted molar refractivity (Wildman–Crippen MR) is 101 cm³/mol. The molecule has 0 bridgehead atoms. The first-order valence-corrected chi connectivity index (χ1v) is 8.74. The number of hydrogen-bond acceptors (Lipinski definition) is 5. The van der Waals surface area contributed by atoms with Crippen molar-refractivity contribution in [3.63, 3.8) is 0 Å². The van der Waals surface area contributed by atoms with Gasteiger partial charge < -0.3 is 4.90 Å². The SMILES string of the molecule is O=C(NNC(=O)c1ccccc1Cl)c1ccc(N2CCCC2)c([N+](=O)[O-])c1. The molecule has 2 N–H and O–H groups in total. The summed E-state index contributed by atoms with van der Waals surface area (Å²) in [6, 6.07) is 10.7. The van der Waals surface area contributed by atoms with Gasteiger partial charge in [0, 0.05) is 24.7 Å². The zero-order chi connectivity index (χ0) is 19.4. The molecule has 1 fully saturated rings. The van der Waals surface area contributed by atoms with Crippen molar-refractivity contribution in [2.45, 2.75) is 12.8 Å². The van der Waals surface area contributed by atoms with Crippen LogP contribution in [0, 0.1) is 10.1 Å². The maximum atomic E-state index is 12.3. The number of carbonyl (C=O) groups is 2. The van der Waals surface area contributed by atoms with Crippen molar-refractivity contribution in [1.29, 1.82) is 0 Å². The lowest BCUT2D eigenvalue weighted by atomic mass is 10.1. The van der Waals surface area contributed by atoms with Gasteiger partial charge in [-0.05, 0) is 37.1 Å². The first-order valence-electron chi connectivity index (χ1n) is 8.36. The van der Waals surface area contributed by atoms with E-state index in [0.717, 1.165) is 25.9 Å². The second-order valence-electron chi connectivity index (χ2n) is 6.04. The molecule has 27 heavy (non-hydrogen) atoms. The third kappa shape index (κ3) is 4.17. The average molecular weight is 389 g/mol. The topological polar surface area (TPSA) is 105 Å². The van der Waals surface area contributed by atoms with Crippen LogP contribution in [-0.2, 0) is 0 Å². The molecule has 0 atom stereocenters. The summed E-state index contributed by atoms with van der Waals surface area (Å²) in [6.45, 7) is 1.50. The van der Waals surface area contributed by atoms with E-state index in [2.05, 4.69) is 10.9 Å². The third-order valence-corrected chi connectivity index (χ3v) is 4.62. The van der Waals surface area contributed by atoms with Gasteiger partial charge in [0.1, 0.15) is 5.69 Å². The molecule has 0 saturated carbocycles. The van der Waals surface area contributed by atoms with Crippen LogP contribution in [0.4, 0.5) is 11.4 Å². The summed E-state index contributed by atoms with van der Waals surface area (Å²) in [7, 11) is 0. The molecule has 8 nitrogen and oxygen atoms in total. The van der Waals surface area contributed by atoms with E-state index in [9.17, 15) is 19.7 Å². The minimum absolute atomic E-state index is 0.0732. The van der Waals surface area contributed by atoms with E-state index in [4.69, 9.17) is 11.6 Å². The zero-order valence-electron chi connectivity index (χ0n) is 14.3. The number of anilines is 1. The number of amides is 2. The maximum Gasteiger partial charge on any atom is 0.293 e. The highest BCUT2D eigenvalue weighted by atomic mass is 35.5. The van der Waals surface area contributed by atoms with E-state index in [1.807, 2.05) is 4.90 Å². The number of nitrogens with zero attached hydrogens (tertiary/aromatic N) is 2. The molecule has 3 rings (SSSR count). The Balaban J connectivity index is 1.73. The van der Waals surface area contributed by atoms with Crippen LogP contribution in [0.15, 0.2) is 42.5 Å². The van der Waals surface area contributed by atoms with Crippen LogP contribution in [0.1, 0.15) is 33.6 Å². The van der Waals surface area contributed by atoms with E-state index in [-0.39, 0.29) is 21.8 Å². The molecule has 0 aliphatic carbocycles. The summed E-state index contributed by atoms with van der Waals surface area (Å²) in [5.41, 5.74) is 5.13. The fourth-order valence-corrected chi connectivity index (χ4v) is 3.16. The molecular weight excluding hydrogens is 372 g/mol. The number of nitrogens with one attached hydrogen (secondary N) is 2. The van der Waals surface area contributed by atoms with Crippen molar-refractivity contribution in [1.82, 2.24) is 10.9 Å². The molecule has 0 spiro atoms. The van der Waals surface area contributed by atoms with Crippen molar-refractivity contribution in [2.24, 2.45) is 0 Å². The molecule has 2 aromatic carbocycles. The zero-order valence-corrected chi connectivity index (χ0v) is 15.0. The third-order valence-electron chi connectivity index (χ3n) is 4.29. The first kappa shape index (κ1) is 18.7. The van der Waals surface area contributed by atoms with Gasteiger partial charge in [-0.3, -0.25) is 30.6 Å². The quantitative estimate of drug-likeness (QED) is 0.619. The lowest BCUT2D eigenvalue weighted by molar-refractivity contribution is -0.384. The van der Waals surface area contributed by atoms with Gasteiger partial charge >= 0.3 is 0 Å². The van der Waals surface area contributed by atoms with Gasteiger partial charge in [-0.15, -0.1) is 0 Å². The summed E-state index contributed by atoms with van der Waals surface area (Å²) >= 11 is 5.93. The number of hydrazine groups is 1. The number of nitro benzene ring substituents is 1. The second-order valence-corrected chi connectivity index (χ2v) is 6.45. The Kier molecular flexibility index (Phi) is 5.56. The van der Waals surface area contributed by atoms with Gasteiger partial charge in [0.25, 0.3) is 17.5 Å². The molecule has 140 valence electrons.